The standard InChI is InChI=1S/C26H20BrN3O8S/c1-2-37-22-11-18(21(27)13-23(22)38-15-17-6-4-8-20(10-17)30(35)36)12-24-25(31)28(26(32)39-24)14-16-5-3-7-19(9-16)29(33)34/h3-13H,2,14-15H2,1H3/b24-12+. The number of carbonyl (C=O) groups is 2. The summed E-state index contributed by atoms with van der Waals surface area (Å²) in [5.41, 5.74) is 1.44. The number of rotatable bonds is 10. The average molecular weight is 614 g/mol. The number of carbonyl (C=O) groups excluding carboxylic acids is 2. The summed E-state index contributed by atoms with van der Waals surface area (Å²) in [6.45, 7) is 2.09. The number of halogens is 1. The molecule has 0 unspecified atom stereocenters. The third-order valence-electron chi connectivity index (χ3n) is 5.50. The third-order valence-corrected chi connectivity index (χ3v) is 7.10. The fourth-order valence-corrected chi connectivity index (χ4v) is 4.96. The molecule has 1 aliphatic heterocycles. The maximum Gasteiger partial charge on any atom is 0.293 e. The fourth-order valence-electron chi connectivity index (χ4n) is 3.69. The molecule has 0 radical (unpaired) electrons. The Morgan fingerprint density at radius 1 is 0.923 bits per heavy atom. The Morgan fingerprint density at radius 2 is 1.54 bits per heavy atom. The van der Waals surface area contributed by atoms with Crippen LogP contribution >= 0.6 is 27.7 Å². The Bertz CT molecular complexity index is 1510. The first-order valence-electron chi connectivity index (χ1n) is 11.5. The number of nitrogens with zero attached hydrogens (tertiary/aromatic N) is 3. The normalized spacial score (nSPS) is 14.1. The van der Waals surface area contributed by atoms with Gasteiger partial charge in [-0.1, -0.05) is 40.2 Å². The van der Waals surface area contributed by atoms with Crippen molar-refractivity contribution >= 4 is 56.3 Å². The molecule has 1 saturated heterocycles. The Labute approximate surface area is 234 Å². The van der Waals surface area contributed by atoms with Crippen LogP contribution in [0.2, 0.25) is 0 Å². The fraction of sp³-hybridized carbons (Fsp3) is 0.154. The smallest absolute Gasteiger partial charge is 0.293 e. The van der Waals surface area contributed by atoms with E-state index in [4.69, 9.17) is 9.47 Å². The molecule has 11 nitrogen and oxygen atoms in total. The minimum atomic E-state index is -0.540. The van der Waals surface area contributed by atoms with Crippen molar-refractivity contribution in [1.82, 2.24) is 4.90 Å². The van der Waals surface area contributed by atoms with Gasteiger partial charge < -0.3 is 9.47 Å². The predicted molar refractivity (Wildman–Crippen MR) is 147 cm³/mol. The van der Waals surface area contributed by atoms with E-state index >= 15 is 0 Å². The van der Waals surface area contributed by atoms with E-state index in [9.17, 15) is 29.8 Å². The molecule has 1 aliphatic rings. The van der Waals surface area contributed by atoms with Crippen molar-refractivity contribution in [2.24, 2.45) is 0 Å². The van der Waals surface area contributed by atoms with Gasteiger partial charge in [0.05, 0.1) is 27.9 Å². The van der Waals surface area contributed by atoms with Gasteiger partial charge in [0.25, 0.3) is 22.5 Å². The summed E-state index contributed by atoms with van der Waals surface area (Å²) in [5.74, 6) is 0.242. The van der Waals surface area contributed by atoms with Crippen molar-refractivity contribution in [1.29, 1.82) is 0 Å². The lowest BCUT2D eigenvalue weighted by Crippen LogP contribution is -2.27. The van der Waals surface area contributed by atoms with Crippen LogP contribution in [0.15, 0.2) is 70.0 Å². The van der Waals surface area contributed by atoms with Crippen molar-refractivity contribution in [2.75, 3.05) is 6.61 Å². The van der Waals surface area contributed by atoms with Gasteiger partial charge in [0.2, 0.25) is 0 Å². The van der Waals surface area contributed by atoms with Crippen LogP contribution in [0.3, 0.4) is 0 Å². The highest BCUT2D eigenvalue weighted by molar-refractivity contribution is 9.10. The Balaban J connectivity index is 1.55. The van der Waals surface area contributed by atoms with Crippen molar-refractivity contribution in [3.63, 3.8) is 0 Å². The van der Waals surface area contributed by atoms with Crippen LogP contribution in [0, 0.1) is 20.2 Å². The van der Waals surface area contributed by atoms with Gasteiger partial charge in [-0.3, -0.25) is 34.7 Å². The predicted octanol–water partition coefficient (Wildman–Crippen LogP) is 6.48. The van der Waals surface area contributed by atoms with Crippen LogP contribution < -0.4 is 9.47 Å². The molecule has 0 bridgehead atoms. The molecule has 0 saturated carbocycles. The van der Waals surface area contributed by atoms with Gasteiger partial charge in [0.1, 0.15) is 6.61 Å². The van der Waals surface area contributed by atoms with E-state index in [2.05, 4.69) is 15.9 Å². The van der Waals surface area contributed by atoms with Gasteiger partial charge in [-0.05, 0) is 53.6 Å². The molecule has 0 atom stereocenters. The van der Waals surface area contributed by atoms with Crippen molar-refractivity contribution in [3.05, 3.63) is 107 Å². The molecular formula is C26H20BrN3O8S. The molecule has 4 rings (SSSR count). The molecule has 0 aromatic heterocycles. The zero-order valence-corrected chi connectivity index (χ0v) is 22.8. The molecule has 0 N–H and O–H groups in total. The van der Waals surface area contributed by atoms with E-state index in [1.54, 1.807) is 43.3 Å². The summed E-state index contributed by atoms with van der Waals surface area (Å²) < 4.78 is 12.2. The van der Waals surface area contributed by atoms with Crippen LogP contribution in [0.25, 0.3) is 6.08 Å². The molecule has 13 heteroatoms. The summed E-state index contributed by atoms with van der Waals surface area (Å²) in [6.07, 6.45) is 1.55. The highest BCUT2D eigenvalue weighted by Gasteiger charge is 2.35. The number of imide groups is 1. The van der Waals surface area contributed by atoms with E-state index in [0.717, 1.165) is 16.7 Å². The Kier molecular flexibility index (Phi) is 8.62. The monoisotopic (exact) mass is 613 g/mol. The number of nitro groups is 2. The molecule has 3 aromatic carbocycles. The SMILES string of the molecule is CCOc1cc(/C=C2/SC(=O)N(Cc3cccc([N+](=O)[O-])c3)C2=O)c(Br)cc1OCc1cccc([N+](=O)[O-])c1. The number of nitro benzene ring substituents is 2. The lowest BCUT2D eigenvalue weighted by atomic mass is 10.1. The van der Waals surface area contributed by atoms with Crippen LogP contribution in [0.5, 0.6) is 11.5 Å². The molecule has 2 amide bonds. The lowest BCUT2D eigenvalue weighted by molar-refractivity contribution is -0.385. The van der Waals surface area contributed by atoms with E-state index in [0.29, 0.717) is 39.3 Å². The zero-order valence-electron chi connectivity index (χ0n) is 20.4. The largest absolute Gasteiger partial charge is 0.490 e. The van der Waals surface area contributed by atoms with E-state index in [1.807, 2.05) is 0 Å². The number of ether oxygens (including phenoxy) is 2. The van der Waals surface area contributed by atoms with Gasteiger partial charge in [0.15, 0.2) is 11.5 Å². The van der Waals surface area contributed by atoms with E-state index in [1.165, 1.54) is 30.3 Å². The second-order valence-electron chi connectivity index (χ2n) is 8.16. The number of non-ortho nitro benzene ring substituents is 2. The highest BCUT2D eigenvalue weighted by atomic mass is 79.9. The van der Waals surface area contributed by atoms with Gasteiger partial charge >= 0.3 is 0 Å². The lowest BCUT2D eigenvalue weighted by Gasteiger charge is -2.14. The first kappa shape index (κ1) is 27.8. The van der Waals surface area contributed by atoms with Gasteiger partial charge in [-0.2, -0.15) is 0 Å². The summed E-state index contributed by atoms with van der Waals surface area (Å²) >= 11 is 4.24. The van der Waals surface area contributed by atoms with Crippen molar-refractivity contribution < 1.29 is 28.9 Å². The number of amides is 2. The zero-order chi connectivity index (χ0) is 28.1. The quantitative estimate of drug-likeness (QED) is 0.142. The maximum absolute atomic E-state index is 13.0. The summed E-state index contributed by atoms with van der Waals surface area (Å²) in [6, 6.07) is 15.2. The third kappa shape index (κ3) is 6.62. The minimum Gasteiger partial charge on any atom is -0.490 e. The first-order valence-corrected chi connectivity index (χ1v) is 13.1. The van der Waals surface area contributed by atoms with Gasteiger partial charge in [-0.15, -0.1) is 0 Å². The summed E-state index contributed by atoms with van der Waals surface area (Å²) in [7, 11) is 0. The summed E-state index contributed by atoms with van der Waals surface area (Å²) in [4.78, 5) is 47.9. The van der Waals surface area contributed by atoms with Gasteiger partial charge in [0, 0.05) is 28.7 Å². The second kappa shape index (κ2) is 12.1. The molecule has 39 heavy (non-hydrogen) atoms. The van der Waals surface area contributed by atoms with E-state index < -0.39 is 21.0 Å². The number of hydrogen-bond donors (Lipinski definition) is 0. The Hall–Kier alpha value is -4.23. The molecule has 3 aromatic rings. The van der Waals surface area contributed by atoms with Crippen molar-refractivity contribution in [3.8, 4) is 11.5 Å². The maximum atomic E-state index is 13.0. The molecule has 1 fully saturated rings. The van der Waals surface area contributed by atoms with Crippen LogP contribution in [-0.2, 0) is 17.9 Å². The minimum absolute atomic E-state index is 0.0444. The summed E-state index contributed by atoms with van der Waals surface area (Å²) in [5, 5.41) is 21.6. The molecule has 1 heterocycles. The van der Waals surface area contributed by atoms with Crippen LogP contribution in [0.4, 0.5) is 16.2 Å². The van der Waals surface area contributed by atoms with E-state index in [-0.39, 0.29) is 29.4 Å². The molecule has 200 valence electrons. The molecule has 0 aliphatic carbocycles. The highest BCUT2D eigenvalue weighted by Crippen LogP contribution is 2.39. The number of thioether (sulfide) groups is 1. The van der Waals surface area contributed by atoms with Gasteiger partial charge in [-0.25, -0.2) is 0 Å². The van der Waals surface area contributed by atoms with Crippen LogP contribution in [0.1, 0.15) is 23.6 Å². The molecule has 0 spiro atoms. The first-order chi connectivity index (χ1) is 18.7. The second-order valence-corrected chi connectivity index (χ2v) is 10.0. The van der Waals surface area contributed by atoms with Crippen LogP contribution in [-0.4, -0.2) is 32.5 Å². The topological polar surface area (TPSA) is 142 Å². The Morgan fingerprint density at radius 3 is 2.18 bits per heavy atom. The van der Waals surface area contributed by atoms with Crippen molar-refractivity contribution in [2.45, 2.75) is 20.1 Å². The average Bonchev–Trinajstić information content (AvgIpc) is 3.17. The number of benzene rings is 3. The number of hydrogen-bond acceptors (Lipinski definition) is 9. The molecular weight excluding hydrogens is 594 g/mol.